The molecule has 0 spiro atoms. The molecule has 1 saturated heterocycles. The molecule has 2 amide bonds. The number of imide groups is 1. The number of rotatable bonds is 4. The lowest BCUT2D eigenvalue weighted by molar-refractivity contribution is -0.140. The Hall–Kier alpha value is -1.90. The molecule has 5 rings (SSSR count). The van der Waals surface area contributed by atoms with Gasteiger partial charge in [-0.15, -0.1) is 0 Å². The maximum Gasteiger partial charge on any atom is 0.254 e. The first kappa shape index (κ1) is 17.5. The monoisotopic (exact) mass is 466 g/mol. The summed E-state index contributed by atoms with van der Waals surface area (Å²) < 4.78 is 11.5. The molecular weight excluding hydrogens is 447 g/mol. The zero-order valence-corrected chi connectivity index (χ0v) is 16.7. The third kappa shape index (κ3) is 2.64. The first-order valence-electron chi connectivity index (χ1n) is 8.56. The lowest BCUT2D eigenvalue weighted by atomic mass is 9.63. The summed E-state index contributed by atoms with van der Waals surface area (Å²) in [6.07, 6.45) is 7.70. The zero-order valence-electron chi connectivity index (χ0n) is 14.5. The van der Waals surface area contributed by atoms with Gasteiger partial charge in [0.2, 0.25) is 0 Å². The van der Waals surface area contributed by atoms with Gasteiger partial charge in [0, 0.05) is 0 Å². The van der Waals surface area contributed by atoms with Crippen LogP contribution < -0.4 is 9.47 Å². The lowest BCUT2D eigenvalue weighted by Gasteiger charge is -2.37. The van der Waals surface area contributed by atoms with Crippen LogP contribution in [0, 0.1) is 27.2 Å². The Balaban J connectivity index is 1.61. The zero-order chi connectivity index (χ0) is 18.4. The highest BCUT2D eigenvalue weighted by Gasteiger charge is 2.56. The van der Waals surface area contributed by atoms with Crippen LogP contribution in [0.25, 0.3) is 0 Å². The fraction of sp³-hybridized carbons (Fsp3) is 0.421. The molecule has 1 aromatic rings. The highest BCUT2D eigenvalue weighted by atomic mass is 127. The molecule has 2 fully saturated rings. The van der Waals surface area contributed by atoms with Crippen LogP contribution in [0.1, 0.15) is 18.4 Å². The van der Waals surface area contributed by atoms with Gasteiger partial charge in [-0.2, -0.15) is 10.1 Å². The average molecular weight is 466 g/mol. The molecule has 136 valence electrons. The van der Waals surface area contributed by atoms with Gasteiger partial charge in [0.15, 0.2) is 11.5 Å². The molecule has 4 unspecified atom stereocenters. The molecule has 0 aromatic heterocycles. The number of amides is 2. The quantitative estimate of drug-likeness (QED) is 0.296. The summed E-state index contributed by atoms with van der Waals surface area (Å²) in [6, 6.07) is 3.64. The van der Waals surface area contributed by atoms with Gasteiger partial charge in [0.05, 0.1) is 35.8 Å². The van der Waals surface area contributed by atoms with E-state index in [1.165, 1.54) is 6.21 Å². The number of nitrogens with zero attached hydrogens (tertiary/aromatic N) is 2. The van der Waals surface area contributed by atoms with Gasteiger partial charge in [-0.1, -0.05) is 12.2 Å². The highest BCUT2D eigenvalue weighted by molar-refractivity contribution is 14.1. The van der Waals surface area contributed by atoms with E-state index >= 15 is 0 Å². The number of hydrazone groups is 1. The Morgan fingerprint density at radius 1 is 1.08 bits per heavy atom. The van der Waals surface area contributed by atoms with Crippen LogP contribution in [0.3, 0.4) is 0 Å². The minimum Gasteiger partial charge on any atom is -0.493 e. The summed E-state index contributed by atoms with van der Waals surface area (Å²) in [7, 11) is 3.15. The number of methoxy groups -OCH3 is 2. The molecule has 0 radical (unpaired) electrons. The average Bonchev–Trinajstić information content (AvgIpc) is 2.93. The van der Waals surface area contributed by atoms with E-state index in [-0.39, 0.29) is 35.5 Å². The minimum atomic E-state index is -0.242. The van der Waals surface area contributed by atoms with Gasteiger partial charge in [-0.3, -0.25) is 9.59 Å². The SMILES string of the molecule is COc1cc(/C=N/N2C(=O)C3C4C=CC(CC4)C3C2=O)cc(I)c1OC. The fourth-order valence-corrected chi connectivity index (χ4v) is 5.15. The van der Waals surface area contributed by atoms with Crippen molar-refractivity contribution in [2.75, 3.05) is 14.2 Å². The van der Waals surface area contributed by atoms with Crippen molar-refractivity contribution in [1.82, 2.24) is 5.01 Å². The standard InChI is InChI=1S/C19H19IN2O4/c1-25-14-8-10(7-13(20)17(14)26-2)9-21-22-18(23)15-11-3-4-12(6-5-11)16(15)19(22)24/h3-4,7-9,11-12,15-16H,5-6H2,1-2H3/b21-9+. The summed E-state index contributed by atoms with van der Waals surface area (Å²) in [5.74, 6) is 0.731. The van der Waals surface area contributed by atoms with Crippen molar-refractivity contribution in [1.29, 1.82) is 0 Å². The van der Waals surface area contributed by atoms with Gasteiger partial charge in [-0.25, -0.2) is 0 Å². The summed E-state index contributed by atoms with van der Waals surface area (Å²) >= 11 is 2.15. The molecule has 4 atom stereocenters. The second-order valence-corrected chi connectivity index (χ2v) is 7.97. The largest absolute Gasteiger partial charge is 0.493 e. The number of hydrogen-bond donors (Lipinski definition) is 0. The molecule has 1 aliphatic heterocycles. The van der Waals surface area contributed by atoms with E-state index in [0.717, 1.165) is 27.0 Å². The molecule has 4 aliphatic rings. The van der Waals surface area contributed by atoms with E-state index in [9.17, 15) is 9.59 Å². The van der Waals surface area contributed by atoms with E-state index in [1.54, 1.807) is 20.3 Å². The minimum absolute atomic E-state index is 0.170. The summed E-state index contributed by atoms with van der Waals surface area (Å²) in [6.45, 7) is 0. The molecule has 3 aliphatic carbocycles. The molecule has 26 heavy (non-hydrogen) atoms. The van der Waals surface area contributed by atoms with E-state index in [2.05, 4.69) is 39.8 Å². The fourth-order valence-electron chi connectivity index (χ4n) is 4.31. The molecule has 1 saturated carbocycles. The summed E-state index contributed by atoms with van der Waals surface area (Å²) in [5, 5.41) is 5.30. The lowest BCUT2D eigenvalue weighted by Crippen LogP contribution is -2.38. The second-order valence-electron chi connectivity index (χ2n) is 6.81. The third-order valence-electron chi connectivity index (χ3n) is 5.51. The summed E-state index contributed by atoms with van der Waals surface area (Å²) in [4.78, 5) is 25.5. The normalized spacial score (nSPS) is 29.6. The highest BCUT2D eigenvalue weighted by Crippen LogP contribution is 2.49. The Morgan fingerprint density at radius 3 is 2.19 bits per heavy atom. The predicted molar refractivity (Wildman–Crippen MR) is 104 cm³/mol. The number of hydrogen-bond acceptors (Lipinski definition) is 5. The smallest absolute Gasteiger partial charge is 0.254 e. The van der Waals surface area contributed by atoms with Crippen LogP contribution in [0.4, 0.5) is 0 Å². The van der Waals surface area contributed by atoms with E-state index in [1.807, 2.05) is 6.07 Å². The van der Waals surface area contributed by atoms with Gasteiger partial charge in [0.1, 0.15) is 0 Å². The Bertz CT molecular complexity index is 803. The molecule has 6 nitrogen and oxygen atoms in total. The van der Waals surface area contributed by atoms with Gasteiger partial charge in [0.25, 0.3) is 11.8 Å². The number of fused-ring (bicyclic) bond motifs is 1. The van der Waals surface area contributed by atoms with Crippen LogP contribution in [0.15, 0.2) is 29.4 Å². The van der Waals surface area contributed by atoms with Crippen LogP contribution in [0.2, 0.25) is 0 Å². The first-order chi connectivity index (χ1) is 12.5. The molecule has 1 heterocycles. The van der Waals surface area contributed by atoms with Crippen molar-refractivity contribution in [2.24, 2.45) is 28.8 Å². The number of carbonyl (C=O) groups excluding carboxylic acids is 2. The van der Waals surface area contributed by atoms with Crippen molar-refractivity contribution < 1.29 is 19.1 Å². The van der Waals surface area contributed by atoms with Crippen molar-refractivity contribution in [2.45, 2.75) is 12.8 Å². The summed E-state index contributed by atoms with van der Waals surface area (Å²) in [5.41, 5.74) is 0.739. The Morgan fingerprint density at radius 2 is 1.69 bits per heavy atom. The van der Waals surface area contributed by atoms with Crippen molar-refractivity contribution >= 4 is 40.6 Å². The number of ether oxygens (including phenoxy) is 2. The Labute approximate surface area is 165 Å². The van der Waals surface area contributed by atoms with Gasteiger partial charge >= 0.3 is 0 Å². The second kappa shape index (κ2) is 6.68. The molecule has 2 bridgehead atoms. The number of benzene rings is 1. The number of allylic oxidation sites excluding steroid dienone is 2. The van der Waals surface area contributed by atoms with Crippen molar-refractivity contribution in [3.63, 3.8) is 0 Å². The van der Waals surface area contributed by atoms with Crippen LogP contribution >= 0.6 is 22.6 Å². The Kier molecular flexibility index (Phi) is 4.50. The number of halogens is 1. The van der Waals surface area contributed by atoms with Crippen LogP contribution in [-0.2, 0) is 9.59 Å². The van der Waals surface area contributed by atoms with E-state index in [4.69, 9.17) is 9.47 Å². The van der Waals surface area contributed by atoms with Crippen LogP contribution in [-0.4, -0.2) is 37.3 Å². The van der Waals surface area contributed by atoms with Gasteiger partial charge in [-0.05, 0) is 65.0 Å². The van der Waals surface area contributed by atoms with Gasteiger partial charge < -0.3 is 9.47 Å². The molecular formula is C19H19IN2O4. The van der Waals surface area contributed by atoms with Crippen molar-refractivity contribution in [3.8, 4) is 11.5 Å². The molecule has 0 N–H and O–H groups in total. The predicted octanol–water partition coefficient (Wildman–Crippen LogP) is 2.84. The van der Waals surface area contributed by atoms with Crippen LogP contribution in [0.5, 0.6) is 11.5 Å². The van der Waals surface area contributed by atoms with Crippen molar-refractivity contribution in [3.05, 3.63) is 33.4 Å². The first-order valence-corrected chi connectivity index (χ1v) is 9.64. The van der Waals surface area contributed by atoms with E-state index in [0.29, 0.717) is 11.5 Å². The molecule has 7 heteroatoms. The number of carbonyl (C=O) groups is 2. The maximum absolute atomic E-state index is 12.8. The maximum atomic E-state index is 12.8. The molecule has 1 aromatic carbocycles. The van der Waals surface area contributed by atoms with E-state index < -0.39 is 0 Å². The topological polar surface area (TPSA) is 68.2 Å². The third-order valence-corrected chi connectivity index (χ3v) is 6.32.